The van der Waals surface area contributed by atoms with E-state index >= 15 is 0 Å². The summed E-state index contributed by atoms with van der Waals surface area (Å²) >= 11 is 1.93. The molecule has 0 radical (unpaired) electrons. The Kier molecular flexibility index (Phi) is 6.27. The Hall–Kier alpha value is -6.02. The zero-order chi connectivity index (χ0) is 34.6. The van der Waals surface area contributed by atoms with Gasteiger partial charge in [0.1, 0.15) is 0 Å². The fraction of sp³-hybridized carbons (Fsp3) is 0.0588. The van der Waals surface area contributed by atoms with Gasteiger partial charge in [0, 0.05) is 25.6 Å². The second-order valence-corrected chi connectivity index (χ2v) is 15.8. The van der Waals surface area contributed by atoms with Crippen molar-refractivity contribution < 1.29 is 0 Å². The second-order valence-electron chi connectivity index (χ2n) is 14.8. The largest absolute Gasteiger partial charge is 0.135 e. The van der Waals surface area contributed by atoms with Gasteiger partial charge in [-0.2, -0.15) is 0 Å². The summed E-state index contributed by atoms with van der Waals surface area (Å²) in [7, 11) is 0. The van der Waals surface area contributed by atoms with Crippen LogP contribution < -0.4 is 0 Å². The molecule has 1 heterocycles. The summed E-state index contributed by atoms with van der Waals surface area (Å²) in [5, 5.41) is 10.5. The number of hydrogen-bond acceptors (Lipinski definition) is 1. The first kappa shape index (κ1) is 29.7. The normalized spacial score (nSPS) is 13.3. The van der Waals surface area contributed by atoms with Crippen molar-refractivity contribution in [2.24, 2.45) is 0 Å². The van der Waals surface area contributed by atoms with Crippen LogP contribution in [0.5, 0.6) is 0 Å². The molecule has 244 valence electrons. The van der Waals surface area contributed by atoms with Gasteiger partial charge in [0.15, 0.2) is 0 Å². The average molecular weight is 679 g/mol. The molecule has 10 aromatic rings. The summed E-state index contributed by atoms with van der Waals surface area (Å²) in [6, 6.07) is 63.3. The van der Waals surface area contributed by atoms with Crippen molar-refractivity contribution in [2.45, 2.75) is 19.3 Å². The molecule has 0 unspecified atom stereocenters. The van der Waals surface area contributed by atoms with Crippen LogP contribution in [-0.2, 0) is 5.41 Å². The van der Waals surface area contributed by atoms with Crippen molar-refractivity contribution in [1.29, 1.82) is 0 Å². The molecule has 0 saturated carbocycles. The number of benzene rings is 9. The number of hydrogen-bond donors (Lipinski definition) is 0. The first-order valence-corrected chi connectivity index (χ1v) is 19.0. The third-order valence-electron chi connectivity index (χ3n) is 11.6. The van der Waals surface area contributed by atoms with Gasteiger partial charge in [-0.05, 0) is 106 Å². The second kappa shape index (κ2) is 11.0. The Morgan fingerprint density at radius 1 is 0.404 bits per heavy atom. The van der Waals surface area contributed by atoms with Crippen molar-refractivity contribution in [3.8, 4) is 44.5 Å². The highest BCUT2D eigenvalue weighted by Crippen LogP contribution is 2.58. The minimum Gasteiger partial charge on any atom is -0.135 e. The van der Waals surface area contributed by atoms with Crippen molar-refractivity contribution in [3.63, 3.8) is 0 Å². The lowest BCUT2D eigenvalue weighted by Crippen LogP contribution is -2.15. The molecule has 11 rings (SSSR count). The van der Waals surface area contributed by atoms with Crippen LogP contribution in [-0.4, -0.2) is 0 Å². The van der Waals surface area contributed by atoms with Gasteiger partial charge >= 0.3 is 0 Å². The Morgan fingerprint density at radius 2 is 0.962 bits per heavy atom. The summed E-state index contributed by atoms with van der Waals surface area (Å²) in [5.41, 5.74) is 13.1. The van der Waals surface area contributed by atoms with Crippen LogP contribution in [0, 0.1) is 0 Å². The van der Waals surface area contributed by atoms with Crippen LogP contribution >= 0.6 is 11.3 Å². The number of rotatable bonds is 3. The Morgan fingerprint density at radius 3 is 1.67 bits per heavy atom. The van der Waals surface area contributed by atoms with E-state index in [4.69, 9.17) is 0 Å². The Labute approximate surface area is 307 Å². The van der Waals surface area contributed by atoms with Gasteiger partial charge in [-0.3, -0.25) is 0 Å². The van der Waals surface area contributed by atoms with E-state index in [2.05, 4.69) is 184 Å². The SMILES string of the molecule is CC1(C)c2cc(-c3cccc(-c4c5ccccc5c(-c5ccccc5)c5ccccc45)c3)c3sc4ccccc4c3c2-c2ccc3ccccc3c21. The van der Waals surface area contributed by atoms with Gasteiger partial charge in [-0.15, -0.1) is 11.3 Å². The molecule has 9 aromatic carbocycles. The van der Waals surface area contributed by atoms with Gasteiger partial charge in [-0.25, -0.2) is 0 Å². The third-order valence-corrected chi connectivity index (χ3v) is 12.8. The monoisotopic (exact) mass is 678 g/mol. The van der Waals surface area contributed by atoms with Crippen LogP contribution in [0.1, 0.15) is 25.0 Å². The predicted octanol–water partition coefficient (Wildman–Crippen LogP) is 14.8. The summed E-state index contributed by atoms with van der Waals surface area (Å²) in [5.74, 6) is 0. The van der Waals surface area contributed by atoms with Crippen LogP contribution in [0.2, 0.25) is 0 Å². The van der Waals surface area contributed by atoms with E-state index in [-0.39, 0.29) is 5.41 Å². The number of fused-ring (bicyclic) bond motifs is 11. The fourth-order valence-corrected chi connectivity index (χ4v) is 10.6. The van der Waals surface area contributed by atoms with E-state index in [0.717, 1.165) is 0 Å². The zero-order valence-corrected chi connectivity index (χ0v) is 29.9. The van der Waals surface area contributed by atoms with Crippen molar-refractivity contribution in [3.05, 3.63) is 181 Å². The maximum atomic E-state index is 2.54. The molecule has 0 bridgehead atoms. The highest BCUT2D eigenvalue weighted by molar-refractivity contribution is 7.26. The quantitative estimate of drug-likeness (QED) is 0.163. The maximum absolute atomic E-state index is 2.54. The van der Waals surface area contributed by atoms with E-state index in [9.17, 15) is 0 Å². The molecular formula is C51H34S. The summed E-state index contributed by atoms with van der Waals surface area (Å²) in [6.07, 6.45) is 0. The van der Waals surface area contributed by atoms with E-state index in [1.54, 1.807) is 0 Å². The molecule has 0 spiro atoms. The summed E-state index contributed by atoms with van der Waals surface area (Å²) in [4.78, 5) is 0. The molecule has 0 fully saturated rings. The van der Waals surface area contributed by atoms with Crippen LogP contribution in [0.4, 0.5) is 0 Å². The van der Waals surface area contributed by atoms with Crippen molar-refractivity contribution in [1.82, 2.24) is 0 Å². The molecule has 0 saturated heterocycles. The molecule has 0 N–H and O–H groups in total. The topological polar surface area (TPSA) is 0 Å². The van der Waals surface area contributed by atoms with E-state index in [1.165, 1.54) is 108 Å². The standard InChI is InChI=1S/C51H34S/c1-51(2)43-30-42(50-48(40-25-12-13-26-44(40)52-50)47(43)41-28-27-31-15-6-7-20-35(31)49(41)51)33-18-14-19-34(29-33)46-38-23-10-8-21-36(38)45(32-16-4-3-5-17-32)37-22-9-11-24-39(37)46/h3-30H,1-2H3. The molecule has 0 nitrogen and oxygen atoms in total. The molecule has 1 aliphatic carbocycles. The van der Waals surface area contributed by atoms with E-state index in [0.29, 0.717) is 0 Å². The predicted molar refractivity (Wildman–Crippen MR) is 226 cm³/mol. The molecule has 1 aliphatic rings. The van der Waals surface area contributed by atoms with Crippen LogP contribution in [0.25, 0.3) is 97.0 Å². The van der Waals surface area contributed by atoms with Crippen molar-refractivity contribution >= 4 is 63.8 Å². The molecule has 1 heteroatoms. The number of thiophene rings is 1. The minimum atomic E-state index is -0.158. The maximum Gasteiger partial charge on any atom is 0.0440 e. The highest BCUT2D eigenvalue weighted by atomic mass is 32.1. The lowest BCUT2D eigenvalue weighted by atomic mass is 9.79. The van der Waals surface area contributed by atoms with Gasteiger partial charge in [-0.1, -0.05) is 166 Å². The van der Waals surface area contributed by atoms with Crippen LogP contribution in [0.15, 0.2) is 170 Å². The van der Waals surface area contributed by atoms with Gasteiger partial charge < -0.3 is 0 Å². The molecule has 0 atom stereocenters. The highest BCUT2D eigenvalue weighted by Gasteiger charge is 2.39. The molecule has 0 aliphatic heterocycles. The lowest BCUT2D eigenvalue weighted by Gasteiger charge is -2.24. The van der Waals surface area contributed by atoms with E-state index in [1.807, 2.05) is 11.3 Å². The smallest absolute Gasteiger partial charge is 0.0440 e. The first-order valence-electron chi connectivity index (χ1n) is 18.2. The Balaban J connectivity index is 1.21. The third kappa shape index (κ3) is 4.09. The summed E-state index contributed by atoms with van der Waals surface area (Å²) < 4.78 is 2.70. The Bertz CT molecular complexity index is 3030. The van der Waals surface area contributed by atoms with Gasteiger partial charge in [0.05, 0.1) is 0 Å². The fourth-order valence-electron chi connectivity index (χ4n) is 9.37. The molecule has 52 heavy (non-hydrogen) atoms. The van der Waals surface area contributed by atoms with Crippen LogP contribution in [0.3, 0.4) is 0 Å². The molecule has 1 aromatic heterocycles. The van der Waals surface area contributed by atoms with E-state index < -0.39 is 0 Å². The average Bonchev–Trinajstić information content (AvgIpc) is 3.69. The first-order chi connectivity index (χ1) is 25.6. The minimum absolute atomic E-state index is 0.158. The summed E-state index contributed by atoms with van der Waals surface area (Å²) in [6.45, 7) is 4.86. The van der Waals surface area contributed by atoms with Crippen molar-refractivity contribution in [2.75, 3.05) is 0 Å². The molecular weight excluding hydrogens is 645 g/mol. The zero-order valence-electron chi connectivity index (χ0n) is 29.1. The van der Waals surface area contributed by atoms with Gasteiger partial charge in [0.2, 0.25) is 0 Å². The van der Waals surface area contributed by atoms with Gasteiger partial charge in [0.25, 0.3) is 0 Å². The molecule has 0 amide bonds. The lowest BCUT2D eigenvalue weighted by molar-refractivity contribution is 0.667.